The normalized spacial score (nSPS) is 13.4. The molecule has 2 aromatic heterocycles. The van der Waals surface area contributed by atoms with Crippen LogP contribution in [0.5, 0.6) is 0 Å². The molecule has 1 N–H and O–H groups in total. The maximum absolute atomic E-state index is 11.5. The van der Waals surface area contributed by atoms with E-state index in [1.807, 2.05) is 0 Å². The first-order chi connectivity index (χ1) is 11.0. The number of methoxy groups -OCH3 is 1. The van der Waals surface area contributed by atoms with Gasteiger partial charge in [0.15, 0.2) is 11.4 Å². The van der Waals surface area contributed by atoms with Gasteiger partial charge in [0, 0.05) is 6.20 Å². The first kappa shape index (κ1) is 17.1. The smallest absolute Gasteiger partial charge is 0.339 e. The van der Waals surface area contributed by atoms with Crippen LogP contribution in [0, 0.1) is 5.92 Å². The number of aldehydes is 1. The number of imidazole rings is 1. The number of carbonyl (C=O) groups is 2. The Kier molecular flexibility index (Phi) is 5.50. The molecule has 0 bridgehead atoms. The molecular weight excluding hydrogens is 318 g/mol. The Morgan fingerprint density at radius 3 is 2.70 bits per heavy atom. The summed E-state index contributed by atoms with van der Waals surface area (Å²) in [6, 6.07) is 3.43. The monoisotopic (exact) mass is 335 g/mol. The molecule has 2 aromatic rings. The van der Waals surface area contributed by atoms with Crippen molar-refractivity contribution in [2.45, 2.75) is 26.2 Å². The summed E-state index contributed by atoms with van der Waals surface area (Å²) in [5, 5.41) is 0.148. The highest BCUT2D eigenvalue weighted by Gasteiger charge is 2.26. The largest absolute Gasteiger partial charge is 0.465 e. The number of rotatable bonds is 6. The fourth-order valence-corrected chi connectivity index (χ4v) is 2.56. The second-order valence-corrected chi connectivity index (χ2v) is 5.63. The quantitative estimate of drug-likeness (QED) is 0.647. The number of aromatic amines is 1. The third-order valence-electron chi connectivity index (χ3n) is 3.86. The molecule has 0 aliphatic rings. The summed E-state index contributed by atoms with van der Waals surface area (Å²) in [6.45, 7) is 4.13. The minimum atomic E-state index is -0.437. The molecule has 0 aliphatic carbocycles. The van der Waals surface area contributed by atoms with Crippen LogP contribution < -0.4 is 0 Å². The number of carbonyl (C=O) groups excluding carboxylic acids is 2. The van der Waals surface area contributed by atoms with Crippen molar-refractivity contribution in [2.24, 2.45) is 5.92 Å². The van der Waals surface area contributed by atoms with Gasteiger partial charge in [0.25, 0.3) is 0 Å². The van der Waals surface area contributed by atoms with Crippen molar-refractivity contribution in [3.8, 4) is 0 Å². The highest BCUT2D eigenvalue weighted by molar-refractivity contribution is 6.31. The Balaban J connectivity index is 2.42. The minimum absolute atomic E-state index is 0.148. The Bertz CT molecular complexity index is 697. The first-order valence-corrected chi connectivity index (χ1v) is 7.64. The lowest BCUT2D eigenvalue weighted by molar-refractivity contribution is 0.0600. The zero-order valence-corrected chi connectivity index (χ0v) is 13.9. The van der Waals surface area contributed by atoms with Crippen LogP contribution in [0.1, 0.15) is 58.6 Å². The molecule has 122 valence electrons. The maximum Gasteiger partial charge on any atom is 0.339 e. The van der Waals surface area contributed by atoms with E-state index in [0.29, 0.717) is 17.7 Å². The van der Waals surface area contributed by atoms with Gasteiger partial charge < -0.3 is 9.72 Å². The second kappa shape index (κ2) is 7.37. The predicted octanol–water partition coefficient (Wildman–Crippen LogP) is 3.24. The van der Waals surface area contributed by atoms with Crippen molar-refractivity contribution in [1.82, 2.24) is 15.0 Å². The molecule has 0 fully saturated rings. The van der Waals surface area contributed by atoms with E-state index in [4.69, 9.17) is 11.6 Å². The van der Waals surface area contributed by atoms with Crippen molar-refractivity contribution >= 4 is 23.9 Å². The average molecular weight is 336 g/mol. The van der Waals surface area contributed by atoms with Gasteiger partial charge in [-0.05, 0) is 18.1 Å². The van der Waals surface area contributed by atoms with Gasteiger partial charge in [0.2, 0.25) is 0 Å². The van der Waals surface area contributed by atoms with Crippen LogP contribution in [-0.4, -0.2) is 34.3 Å². The van der Waals surface area contributed by atoms with Gasteiger partial charge >= 0.3 is 5.97 Å². The lowest BCUT2D eigenvalue weighted by atomic mass is 9.88. The van der Waals surface area contributed by atoms with Crippen molar-refractivity contribution in [3.63, 3.8) is 0 Å². The summed E-state index contributed by atoms with van der Waals surface area (Å²) in [7, 11) is 1.32. The molecule has 7 heteroatoms. The number of ether oxygens (including phenoxy) is 1. The fourth-order valence-electron chi connectivity index (χ4n) is 2.37. The van der Waals surface area contributed by atoms with Crippen molar-refractivity contribution in [2.75, 3.05) is 7.11 Å². The minimum Gasteiger partial charge on any atom is -0.465 e. The Morgan fingerprint density at radius 1 is 1.48 bits per heavy atom. The van der Waals surface area contributed by atoms with Crippen LogP contribution in [-0.2, 0) is 4.74 Å². The first-order valence-electron chi connectivity index (χ1n) is 7.26. The molecule has 2 atom stereocenters. The van der Waals surface area contributed by atoms with E-state index in [1.54, 1.807) is 12.1 Å². The summed E-state index contributed by atoms with van der Waals surface area (Å²) in [5.74, 6) is 0.212. The lowest BCUT2D eigenvalue weighted by Crippen LogP contribution is -2.15. The Labute approximate surface area is 139 Å². The molecule has 0 aliphatic heterocycles. The van der Waals surface area contributed by atoms with E-state index < -0.39 is 5.97 Å². The van der Waals surface area contributed by atoms with Gasteiger partial charge in [0.05, 0.1) is 24.3 Å². The number of nitrogens with zero attached hydrogens (tertiary/aromatic N) is 2. The van der Waals surface area contributed by atoms with Crippen LogP contribution in [0.2, 0.25) is 5.15 Å². The summed E-state index contributed by atoms with van der Waals surface area (Å²) >= 11 is 5.95. The average Bonchev–Trinajstić information content (AvgIpc) is 2.95. The molecule has 0 saturated carbocycles. The third-order valence-corrected chi connectivity index (χ3v) is 4.14. The van der Waals surface area contributed by atoms with E-state index in [2.05, 4.69) is 33.5 Å². The molecule has 2 rings (SSSR count). The molecular formula is C16H18ClN3O3. The molecule has 0 saturated heterocycles. The van der Waals surface area contributed by atoms with Crippen molar-refractivity contribution in [1.29, 1.82) is 0 Å². The van der Waals surface area contributed by atoms with Crippen molar-refractivity contribution in [3.05, 3.63) is 46.3 Å². The zero-order valence-electron chi connectivity index (χ0n) is 13.2. The number of halogens is 1. The van der Waals surface area contributed by atoms with E-state index in [-0.39, 0.29) is 22.7 Å². The molecule has 0 aromatic carbocycles. The second-order valence-electron chi connectivity index (χ2n) is 5.27. The van der Waals surface area contributed by atoms with Crippen LogP contribution in [0.25, 0.3) is 0 Å². The summed E-state index contributed by atoms with van der Waals surface area (Å²) in [5.41, 5.74) is 1.38. The number of hydrogen-bond acceptors (Lipinski definition) is 5. The van der Waals surface area contributed by atoms with Gasteiger partial charge in [-0.15, -0.1) is 0 Å². The Hall–Kier alpha value is -2.21. The molecule has 2 unspecified atom stereocenters. The van der Waals surface area contributed by atoms with Gasteiger partial charge in [-0.25, -0.2) is 9.78 Å². The molecule has 0 spiro atoms. The number of hydrogen-bond donors (Lipinski definition) is 1. The summed E-state index contributed by atoms with van der Waals surface area (Å²) in [4.78, 5) is 34.0. The maximum atomic E-state index is 11.5. The van der Waals surface area contributed by atoms with E-state index in [0.717, 1.165) is 12.1 Å². The van der Waals surface area contributed by atoms with Crippen LogP contribution in [0.3, 0.4) is 0 Å². The zero-order chi connectivity index (χ0) is 17.0. The van der Waals surface area contributed by atoms with E-state index >= 15 is 0 Å². The number of esters is 1. The predicted molar refractivity (Wildman–Crippen MR) is 85.9 cm³/mol. The number of pyridine rings is 1. The van der Waals surface area contributed by atoms with Crippen LogP contribution in [0.15, 0.2) is 18.3 Å². The topological polar surface area (TPSA) is 84.9 Å². The summed E-state index contributed by atoms with van der Waals surface area (Å²) < 4.78 is 4.67. The molecule has 23 heavy (non-hydrogen) atoms. The highest BCUT2D eigenvalue weighted by atomic mass is 35.5. The highest BCUT2D eigenvalue weighted by Crippen LogP contribution is 2.32. The van der Waals surface area contributed by atoms with Crippen LogP contribution >= 0.6 is 11.6 Å². The lowest BCUT2D eigenvalue weighted by Gasteiger charge is -2.20. The SMILES string of the molecule is CCC(C)C(c1ccc(C(=O)OC)cn1)c1nc(Cl)c(C=O)[nH]1. The fraction of sp³-hybridized carbons (Fsp3) is 0.375. The number of aromatic nitrogens is 3. The Morgan fingerprint density at radius 2 is 2.22 bits per heavy atom. The number of nitrogens with one attached hydrogen (secondary N) is 1. The molecule has 6 nitrogen and oxygen atoms in total. The number of H-pyrrole nitrogens is 1. The van der Waals surface area contributed by atoms with E-state index in [9.17, 15) is 9.59 Å². The third kappa shape index (κ3) is 3.59. The van der Waals surface area contributed by atoms with Gasteiger partial charge in [0.1, 0.15) is 11.5 Å². The van der Waals surface area contributed by atoms with Gasteiger partial charge in [-0.2, -0.15) is 0 Å². The molecule has 0 radical (unpaired) electrons. The van der Waals surface area contributed by atoms with Gasteiger partial charge in [-0.3, -0.25) is 9.78 Å². The van der Waals surface area contributed by atoms with Crippen LogP contribution in [0.4, 0.5) is 0 Å². The molecule has 0 amide bonds. The summed E-state index contributed by atoms with van der Waals surface area (Å²) in [6.07, 6.45) is 3.00. The van der Waals surface area contributed by atoms with Gasteiger partial charge in [-0.1, -0.05) is 31.9 Å². The van der Waals surface area contributed by atoms with E-state index in [1.165, 1.54) is 13.3 Å². The standard InChI is InChI=1S/C16H18ClN3O3/c1-4-9(2)13(15-19-12(8-21)14(17)20-15)11-6-5-10(7-18-11)16(22)23-3/h5-9,13H,4H2,1-3H3,(H,19,20). The molecule has 2 heterocycles. The van der Waals surface area contributed by atoms with Crippen molar-refractivity contribution < 1.29 is 14.3 Å².